The number of imide groups is 1. The smallest absolute Gasteiger partial charge is 0.325 e. The summed E-state index contributed by atoms with van der Waals surface area (Å²) in [5, 5.41) is 20.3. The molecule has 11 heteroatoms. The molecule has 0 saturated heterocycles. The summed E-state index contributed by atoms with van der Waals surface area (Å²) >= 11 is 0.913. The van der Waals surface area contributed by atoms with Gasteiger partial charge in [0.25, 0.3) is 0 Å². The molecule has 0 radical (unpaired) electrons. The van der Waals surface area contributed by atoms with Gasteiger partial charge in [0.1, 0.15) is 6.54 Å². The Morgan fingerprint density at radius 3 is 2.78 bits per heavy atom. The number of nitrogens with two attached hydrogens (primary N) is 1. The van der Waals surface area contributed by atoms with Crippen LogP contribution in [0, 0.1) is 0 Å². The SMILES string of the molecule is CC(Sc1nnnn1CC(=O)O)C(=O)NC(N)=O. The number of carboxylic acid groups (broad SMARTS) is 1. The lowest BCUT2D eigenvalue weighted by atomic mass is 10.4. The first-order valence-electron chi connectivity index (χ1n) is 4.65. The van der Waals surface area contributed by atoms with Gasteiger partial charge in [-0.2, -0.15) is 0 Å². The number of aromatic nitrogens is 4. The number of nitrogens with zero attached hydrogens (tertiary/aromatic N) is 4. The molecule has 98 valence electrons. The van der Waals surface area contributed by atoms with Gasteiger partial charge in [-0.3, -0.25) is 14.9 Å². The maximum absolute atomic E-state index is 11.4. The number of carbonyl (C=O) groups is 3. The van der Waals surface area contributed by atoms with E-state index in [0.717, 1.165) is 16.4 Å². The number of amides is 3. The van der Waals surface area contributed by atoms with E-state index in [1.807, 2.05) is 5.32 Å². The van der Waals surface area contributed by atoms with Gasteiger partial charge < -0.3 is 10.8 Å². The number of carbonyl (C=O) groups excluding carboxylic acids is 2. The van der Waals surface area contributed by atoms with Crippen LogP contribution in [-0.4, -0.2) is 48.5 Å². The van der Waals surface area contributed by atoms with E-state index in [1.54, 1.807) is 0 Å². The van der Waals surface area contributed by atoms with E-state index in [1.165, 1.54) is 6.92 Å². The number of thioether (sulfide) groups is 1. The fraction of sp³-hybridized carbons (Fsp3) is 0.429. The molecule has 0 spiro atoms. The van der Waals surface area contributed by atoms with E-state index in [9.17, 15) is 14.4 Å². The molecule has 1 aromatic heterocycles. The van der Waals surface area contributed by atoms with Gasteiger partial charge in [0.2, 0.25) is 11.1 Å². The van der Waals surface area contributed by atoms with Crippen LogP contribution in [0.2, 0.25) is 0 Å². The Morgan fingerprint density at radius 2 is 2.22 bits per heavy atom. The van der Waals surface area contributed by atoms with Crippen molar-refractivity contribution >= 4 is 29.7 Å². The highest BCUT2D eigenvalue weighted by molar-refractivity contribution is 8.00. The van der Waals surface area contributed by atoms with Gasteiger partial charge in [-0.15, -0.1) is 5.10 Å². The van der Waals surface area contributed by atoms with Gasteiger partial charge in [0.05, 0.1) is 5.25 Å². The summed E-state index contributed by atoms with van der Waals surface area (Å²) in [6.45, 7) is 1.09. The lowest BCUT2D eigenvalue weighted by Crippen LogP contribution is -2.39. The third-order valence-electron chi connectivity index (χ3n) is 1.68. The van der Waals surface area contributed by atoms with Crippen molar-refractivity contribution in [3.05, 3.63) is 0 Å². The number of rotatable bonds is 5. The van der Waals surface area contributed by atoms with Gasteiger partial charge in [0.15, 0.2) is 0 Å². The zero-order chi connectivity index (χ0) is 13.7. The summed E-state index contributed by atoms with van der Waals surface area (Å²) in [4.78, 5) is 32.4. The second-order valence-electron chi connectivity index (χ2n) is 3.13. The van der Waals surface area contributed by atoms with E-state index in [2.05, 4.69) is 15.5 Å². The second kappa shape index (κ2) is 5.95. The Hall–Kier alpha value is -2.17. The van der Waals surface area contributed by atoms with Crippen LogP contribution in [0.25, 0.3) is 0 Å². The molecular formula is C7H10N6O4S. The molecule has 0 aliphatic carbocycles. The highest BCUT2D eigenvalue weighted by Crippen LogP contribution is 2.19. The normalized spacial score (nSPS) is 11.8. The van der Waals surface area contributed by atoms with Crippen molar-refractivity contribution in [1.29, 1.82) is 0 Å². The topological polar surface area (TPSA) is 153 Å². The molecule has 1 atom stereocenters. The first kappa shape index (κ1) is 13.9. The Morgan fingerprint density at radius 1 is 1.56 bits per heavy atom. The molecule has 3 amide bonds. The van der Waals surface area contributed by atoms with Crippen LogP contribution < -0.4 is 11.1 Å². The molecule has 0 fully saturated rings. The van der Waals surface area contributed by atoms with Gasteiger partial charge in [0, 0.05) is 0 Å². The van der Waals surface area contributed by atoms with Crippen molar-refractivity contribution in [2.24, 2.45) is 5.73 Å². The average Bonchev–Trinajstić information content (AvgIpc) is 2.63. The average molecular weight is 274 g/mol. The van der Waals surface area contributed by atoms with Crippen LogP contribution in [0.3, 0.4) is 0 Å². The maximum atomic E-state index is 11.4. The van der Waals surface area contributed by atoms with Gasteiger partial charge >= 0.3 is 12.0 Å². The second-order valence-corrected chi connectivity index (χ2v) is 4.43. The van der Waals surface area contributed by atoms with E-state index < -0.39 is 29.7 Å². The third kappa shape index (κ3) is 4.01. The van der Waals surface area contributed by atoms with E-state index in [0.29, 0.717) is 0 Å². The Labute approximate surface area is 105 Å². The molecule has 0 saturated carbocycles. The standard InChI is InChI=1S/C7H10N6O4S/c1-3(5(16)9-6(8)17)18-7-10-11-12-13(7)2-4(14)15/h3H,2H2,1H3,(H,14,15)(H3,8,9,16,17). The van der Waals surface area contributed by atoms with Crippen molar-refractivity contribution in [2.45, 2.75) is 23.9 Å². The van der Waals surface area contributed by atoms with Crippen molar-refractivity contribution in [1.82, 2.24) is 25.5 Å². The minimum Gasteiger partial charge on any atom is -0.480 e. The summed E-state index contributed by atoms with van der Waals surface area (Å²) < 4.78 is 1.03. The van der Waals surface area contributed by atoms with E-state index in [-0.39, 0.29) is 5.16 Å². The molecule has 0 bridgehead atoms. The number of carboxylic acids is 1. The third-order valence-corrected chi connectivity index (χ3v) is 2.75. The first-order valence-corrected chi connectivity index (χ1v) is 5.53. The zero-order valence-corrected chi connectivity index (χ0v) is 10.0. The summed E-state index contributed by atoms with van der Waals surface area (Å²) in [6, 6.07) is -0.961. The zero-order valence-electron chi connectivity index (χ0n) is 9.23. The number of primary amides is 1. The van der Waals surface area contributed by atoms with Gasteiger partial charge in [-0.1, -0.05) is 11.8 Å². The molecule has 1 aromatic rings. The molecule has 1 rings (SSSR count). The summed E-state index contributed by atoms with van der Waals surface area (Å²) in [5.74, 6) is -1.73. The summed E-state index contributed by atoms with van der Waals surface area (Å²) in [6.07, 6.45) is 0. The molecule has 1 unspecified atom stereocenters. The van der Waals surface area contributed by atoms with E-state index >= 15 is 0 Å². The van der Waals surface area contributed by atoms with Crippen LogP contribution in [0.1, 0.15) is 6.92 Å². The molecule has 4 N–H and O–H groups in total. The minimum absolute atomic E-state index is 0.157. The van der Waals surface area contributed by atoms with Gasteiger partial charge in [-0.05, 0) is 17.4 Å². The lowest BCUT2D eigenvalue weighted by molar-refractivity contribution is -0.138. The number of hydrogen-bond acceptors (Lipinski definition) is 7. The van der Waals surface area contributed by atoms with Crippen LogP contribution in [0.5, 0.6) is 0 Å². The highest BCUT2D eigenvalue weighted by atomic mass is 32.2. The first-order chi connectivity index (χ1) is 8.40. The summed E-state index contributed by atoms with van der Waals surface area (Å²) in [5.41, 5.74) is 4.80. The Bertz CT molecular complexity index is 474. The molecule has 10 nitrogen and oxygen atoms in total. The molecule has 0 aromatic carbocycles. The monoisotopic (exact) mass is 274 g/mol. The maximum Gasteiger partial charge on any atom is 0.325 e. The van der Waals surface area contributed by atoms with Gasteiger partial charge in [-0.25, -0.2) is 9.48 Å². The van der Waals surface area contributed by atoms with Crippen molar-refractivity contribution in [3.8, 4) is 0 Å². The fourth-order valence-electron chi connectivity index (χ4n) is 0.943. The Kier molecular flexibility index (Phi) is 4.59. The van der Waals surface area contributed by atoms with Crippen LogP contribution >= 0.6 is 11.8 Å². The quantitative estimate of drug-likeness (QED) is 0.544. The largest absolute Gasteiger partial charge is 0.480 e. The molecule has 18 heavy (non-hydrogen) atoms. The van der Waals surface area contributed by atoms with Crippen molar-refractivity contribution < 1.29 is 19.5 Å². The van der Waals surface area contributed by atoms with Crippen LogP contribution in [0.15, 0.2) is 5.16 Å². The summed E-state index contributed by atoms with van der Waals surface area (Å²) in [7, 11) is 0. The van der Waals surface area contributed by atoms with Crippen molar-refractivity contribution in [2.75, 3.05) is 0 Å². The molecule has 0 aliphatic rings. The minimum atomic E-state index is -1.11. The number of tetrazole rings is 1. The van der Waals surface area contributed by atoms with Crippen molar-refractivity contribution in [3.63, 3.8) is 0 Å². The molecule has 1 heterocycles. The Balaban J connectivity index is 2.67. The predicted molar refractivity (Wildman–Crippen MR) is 58.5 cm³/mol. The molecular weight excluding hydrogens is 264 g/mol. The number of hydrogen-bond donors (Lipinski definition) is 3. The predicted octanol–water partition coefficient (Wildman–Crippen LogP) is -1.57. The highest BCUT2D eigenvalue weighted by Gasteiger charge is 2.20. The van der Waals surface area contributed by atoms with Crippen LogP contribution in [-0.2, 0) is 16.1 Å². The fourth-order valence-corrected chi connectivity index (χ4v) is 1.73. The number of urea groups is 1. The van der Waals surface area contributed by atoms with Crippen LogP contribution in [0.4, 0.5) is 4.79 Å². The number of nitrogens with one attached hydrogen (secondary N) is 1. The number of aliphatic carboxylic acids is 1. The molecule has 0 aliphatic heterocycles. The lowest BCUT2D eigenvalue weighted by Gasteiger charge is -2.08. The van der Waals surface area contributed by atoms with E-state index in [4.69, 9.17) is 10.8 Å².